The number of aromatic nitrogens is 3. The average molecular weight is 422 g/mol. The predicted octanol–water partition coefficient (Wildman–Crippen LogP) is 4.51. The quantitative estimate of drug-likeness (QED) is 0.476. The number of amides is 1. The van der Waals surface area contributed by atoms with Crippen molar-refractivity contribution in [3.8, 4) is 5.69 Å². The minimum Gasteiger partial charge on any atom is -0.332 e. The van der Waals surface area contributed by atoms with Crippen LogP contribution < -0.4 is 10.6 Å². The van der Waals surface area contributed by atoms with Crippen LogP contribution in [0.4, 0.5) is 5.69 Å². The van der Waals surface area contributed by atoms with Gasteiger partial charge in [0.1, 0.15) is 11.0 Å². The van der Waals surface area contributed by atoms with Crippen LogP contribution in [-0.4, -0.2) is 26.0 Å². The number of carbonyl (C=O) groups excluding carboxylic acids is 1. The maximum atomic E-state index is 12.2. The van der Waals surface area contributed by atoms with Gasteiger partial charge in [0.2, 0.25) is 0 Å². The molecule has 144 valence electrons. The Morgan fingerprint density at radius 1 is 1.00 bits per heavy atom. The lowest BCUT2D eigenvalue weighted by Gasteiger charge is -2.09. The molecule has 0 fully saturated rings. The van der Waals surface area contributed by atoms with Gasteiger partial charge in [-0.25, -0.2) is 0 Å². The van der Waals surface area contributed by atoms with Gasteiger partial charge in [-0.3, -0.25) is 10.1 Å². The van der Waals surface area contributed by atoms with Gasteiger partial charge in [0.15, 0.2) is 5.11 Å². The highest BCUT2D eigenvalue weighted by atomic mass is 35.5. The number of aryl methyl sites for hydroxylation is 1. The van der Waals surface area contributed by atoms with Crippen LogP contribution in [0.3, 0.4) is 0 Å². The Morgan fingerprint density at radius 3 is 2.52 bits per heavy atom. The summed E-state index contributed by atoms with van der Waals surface area (Å²) in [4.78, 5) is 13.7. The second-order valence-electron chi connectivity index (χ2n) is 6.40. The standard InChI is InChI=1S/C21H16ClN5OS/c1-13-7-9-16(12-17(13)22)27-25-18-10-8-15(11-19(18)26-27)23-21(29)24-20(28)14-5-3-2-4-6-14/h2-12H,1H3,(H2,23,24,28,29). The number of thiocarbonyl (C=S) groups is 1. The molecular weight excluding hydrogens is 406 g/mol. The van der Waals surface area contributed by atoms with Crippen LogP contribution in [0.25, 0.3) is 16.7 Å². The number of nitrogens with one attached hydrogen (secondary N) is 2. The summed E-state index contributed by atoms with van der Waals surface area (Å²) in [6.07, 6.45) is 0. The highest BCUT2D eigenvalue weighted by Crippen LogP contribution is 2.21. The monoisotopic (exact) mass is 421 g/mol. The Morgan fingerprint density at radius 2 is 1.76 bits per heavy atom. The molecule has 1 heterocycles. The highest BCUT2D eigenvalue weighted by molar-refractivity contribution is 7.80. The van der Waals surface area contributed by atoms with Gasteiger partial charge in [0, 0.05) is 16.3 Å². The summed E-state index contributed by atoms with van der Waals surface area (Å²) in [5, 5.41) is 15.5. The topological polar surface area (TPSA) is 71.8 Å². The summed E-state index contributed by atoms with van der Waals surface area (Å²) in [6.45, 7) is 1.94. The molecule has 4 rings (SSSR count). The van der Waals surface area contributed by atoms with Crippen LogP contribution >= 0.6 is 23.8 Å². The zero-order valence-electron chi connectivity index (χ0n) is 15.4. The van der Waals surface area contributed by atoms with Crippen molar-refractivity contribution in [2.75, 3.05) is 5.32 Å². The number of carbonyl (C=O) groups is 1. The van der Waals surface area contributed by atoms with Crippen molar-refractivity contribution in [2.45, 2.75) is 6.92 Å². The second kappa shape index (κ2) is 7.98. The largest absolute Gasteiger partial charge is 0.332 e. The zero-order chi connectivity index (χ0) is 20.4. The van der Waals surface area contributed by atoms with E-state index in [-0.39, 0.29) is 11.0 Å². The van der Waals surface area contributed by atoms with E-state index < -0.39 is 0 Å². The minimum absolute atomic E-state index is 0.205. The summed E-state index contributed by atoms with van der Waals surface area (Å²) in [7, 11) is 0. The van der Waals surface area contributed by atoms with Gasteiger partial charge in [0.05, 0.1) is 5.69 Å². The Bertz CT molecular complexity index is 1220. The summed E-state index contributed by atoms with van der Waals surface area (Å²) in [5.74, 6) is -0.272. The SMILES string of the molecule is Cc1ccc(-n2nc3ccc(NC(=S)NC(=O)c4ccccc4)cc3n2)cc1Cl. The fraction of sp³-hybridized carbons (Fsp3) is 0.0476. The van der Waals surface area contributed by atoms with Crippen LogP contribution in [0.5, 0.6) is 0 Å². The lowest BCUT2D eigenvalue weighted by Crippen LogP contribution is -2.34. The number of rotatable bonds is 3. The van der Waals surface area contributed by atoms with Gasteiger partial charge < -0.3 is 5.32 Å². The maximum Gasteiger partial charge on any atom is 0.257 e. The first-order valence-electron chi connectivity index (χ1n) is 8.80. The number of benzene rings is 3. The third kappa shape index (κ3) is 4.26. The van der Waals surface area contributed by atoms with Crippen molar-refractivity contribution >= 4 is 51.6 Å². The first-order chi connectivity index (χ1) is 14.0. The van der Waals surface area contributed by atoms with Crippen LogP contribution in [0.15, 0.2) is 66.7 Å². The van der Waals surface area contributed by atoms with E-state index in [0.29, 0.717) is 21.8 Å². The summed E-state index contributed by atoms with van der Waals surface area (Å²) in [5.41, 5.74) is 4.41. The molecule has 2 N–H and O–H groups in total. The van der Waals surface area contributed by atoms with Gasteiger partial charge >= 0.3 is 0 Å². The molecule has 1 aromatic heterocycles. The normalized spacial score (nSPS) is 10.7. The van der Waals surface area contributed by atoms with Gasteiger partial charge in [-0.05, 0) is 67.2 Å². The van der Waals surface area contributed by atoms with Gasteiger partial charge in [0.25, 0.3) is 5.91 Å². The molecular formula is C21H16ClN5OS. The molecule has 0 atom stereocenters. The van der Waals surface area contributed by atoms with E-state index in [1.807, 2.05) is 49.4 Å². The van der Waals surface area contributed by atoms with E-state index in [9.17, 15) is 4.79 Å². The zero-order valence-corrected chi connectivity index (χ0v) is 17.0. The van der Waals surface area contributed by atoms with Crippen molar-refractivity contribution in [3.05, 3.63) is 82.9 Å². The van der Waals surface area contributed by atoms with Crippen molar-refractivity contribution < 1.29 is 4.79 Å². The van der Waals surface area contributed by atoms with Crippen molar-refractivity contribution in [2.24, 2.45) is 0 Å². The molecule has 3 aromatic carbocycles. The third-order valence-corrected chi connectivity index (χ3v) is 4.90. The summed E-state index contributed by atoms with van der Waals surface area (Å²) < 4.78 is 0. The molecule has 0 saturated carbocycles. The highest BCUT2D eigenvalue weighted by Gasteiger charge is 2.10. The Labute approximate surface area is 177 Å². The molecule has 0 unspecified atom stereocenters. The van der Waals surface area contributed by atoms with Crippen LogP contribution in [0.1, 0.15) is 15.9 Å². The molecule has 8 heteroatoms. The number of fused-ring (bicyclic) bond motifs is 1. The van der Waals surface area contributed by atoms with Gasteiger partial charge in [-0.15, -0.1) is 10.2 Å². The van der Waals surface area contributed by atoms with Crippen molar-refractivity contribution in [1.29, 1.82) is 0 Å². The van der Waals surface area contributed by atoms with Gasteiger partial charge in [-0.2, -0.15) is 4.80 Å². The first kappa shape index (κ1) is 19.0. The Hall–Kier alpha value is -3.29. The number of hydrogen-bond acceptors (Lipinski definition) is 4. The average Bonchev–Trinajstić information content (AvgIpc) is 3.14. The van der Waals surface area contributed by atoms with E-state index in [0.717, 1.165) is 16.8 Å². The Kier molecular flexibility index (Phi) is 5.24. The molecule has 1 amide bonds. The molecule has 0 radical (unpaired) electrons. The lowest BCUT2D eigenvalue weighted by molar-refractivity contribution is 0.0977. The van der Waals surface area contributed by atoms with Crippen LogP contribution in [-0.2, 0) is 0 Å². The maximum absolute atomic E-state index is 12.2. The molecule has 4 aromatic rings. The lowest BCUT2D eigenvalue weighted by atomic mass is 10.2. The van der Waals surface area contributed by atoms with Crippen LogP contribution in [0, 0.1) is 6.92 Å². The third-order valence-electron chi connectivity index (χ3n) is 4.29. The van der Waals surface area contributed by atoms with Crippen molar-refractivity contribution in [1.82, 2.24) is 20.3 Å². The molecule has 0 aliphatic carbocycles. The van der Waals surface area contributed by atoms with E-state index in [1.54, 1.807) is 24.3 Å². The number of nitrogens with zero attached hydrogens (tertiary/aromatic N) is 3. The summed E-state index contributed by atoms with van der Waals surface area (Å²) >= 11 is 11.4. The Balaban J connectivity index is 1.51. The summed E-state index contributed by atoms with van der Waals surface area (Å²) in [6, 6.07) is 20.0. The molecule has 29 heavy (non-hydrogen) atoms. The van der Waals surface area contributed by atoms with E-state index >= 15 is 0 Å². The molecule has 0 aliphatic heterocycles. The molecule has 0 aliphatic rings. The van der Waals surface area contributed by atoms with E-state index in [4.69, 9.17) is 23.8 Å². The molecule has 6 nitrogen and oxygen atoms in total. The fourth-order valence-electron chi connectivity index (χ4n) is 2.74. The molecule has 0 bridgehead atoms. The smallest absolute Gasteiger partial charge is 0.257 e. The minimum atomic E-state index is -0.272. The van der Waals surface area contributed by atoms with E-state index in [1.165, 1.54) is 4.80 Å². The second-order valence-corrected chi connectivity index (χ2v) is 7.22. The van der Waals surface area contributed by atoms with Crippen molar-refractivity contribution in [3.63, 3.8) is 0 Å². The fourth-order valence-corrected chi connectivity index (χ4v) is 3.13. The van der Waals surface area contributed by atoms with Crippen LogP contribution in [0.2, 0.25) is 5.02 Å². The van der Waals surface area contributed by atoms with E-state index in [2.05, 4.69) is 20.8 Å². The predicted molar refractivity (Wildman–Crippen MR) is 119 cm³/mol. The number of anilines is 1. The molecule has 0 spiro atoms. The number of halogens is 1. The number of hydrogen-bond donors (Lipinski definition) is 2. The van der Waals surface area contributed by atoms with Gasteiger partial charge in [-0.1, -0.05) is 35.9 Å². The first-order valence-corrected chi connectivity index (χ1v) is 9.59. The molecule has 0 saturated heterocycles.